The highest BCUT2D eigenvalue weighted by Crippen LogP contribution is 2.32. The van der Waals surface area contributed by atoms with E-state index in [9.17, 15) is 9.18 Å². The number of halogens is 2. The van der Waals surface area contributed by atoms with Gasteiger partial charge in [0.15, 0.2) is 5.75 Å². The van der Waals surface area contributed by atoms with Crippen LogP contribution in [-0.4, -0.2) is 25.2 Å². The van der Waals surface area contributed by atoms with E-state index in [2.05, 4.69) is 4.98 Å². The second-order valence-corrected chi connectivity index (χ2v) is 5.81. The zero-order valence-electron chi connectivity index (χ0n) is 13.7. The van der Waals surface area contributed by atoms with E-state index in [-0.39, 0.29) is 11.4 Å². The van der Waals surface area contributed by atoms with E-state index >= 15 is 0 Å². The van der Waals surface area contributed by atoms with Crippen molar-refractivity contribution in [3.05, 3.63) is 70.1 Å². The summed E-state index contributed by atoms with van der Waals surface area (Å²) in [5, 5.41) is 1.09. The average Bonchev–Trinajstić information content (AvgIpc) is 2.62. The Morgan fingerprint density at radius 2 is 1.88 bits per heavy atom. The number of benzene rings is 2. The normalized spacial score (nSPS) is 10.7. The van der Waals surface area contributed by atoms with Crippen LogP contribution in [0.4, 0.5) is 4.39 Å². The molecule has 0 unspecified atom stereocenters. The van der Waals surface area contributed by atoms with Gasteiger partial charge < -0.3 is 9.47 Å². The molecule has 25 heavy (non-hydrogen) atoms. The van der Waals surface area contributed by atoms with Crippen LogP contribution < -0.4 is 4.74 Å². The fourth-order valence-corrected chi connectivity index (χ4v) is 2.86. The van der Waals surface area contributed by atoms with Gasteiger partial charge in [-0.1, -0.05) is 29.8 Å². The van der Waals surface area contributed by atoms with Gasteiger partial charge in [-0.25, -0.2) is 14.2 Å². The summed E-state index contributed by atoms with van der Waals surface area (Å²) in [4.78, 5) is 16.3. The van der Waals surface area contributed by atoms with E-state index in [0.717, 1.165) is 16.5 Å². The van der Waals surface area contributed by atoms with Gasteiger partial charge in [0.05, 0.1) is 14.2 Å². The molecule has 0 radical (unpaired) electrons. The third-order valence-electron chi connectivity index (χ3n) is 3.88. The van der Waals surface area contributed by atoms with Crippen LogP contribution in [0.25, 0.3) is 10.9 Å². The predicted octanol–water partition coefficient (Wildman–Crippen LogP) is 4.41. The van der Waals surface area contributed by atoms with Crippen LogP contribution in [0.3, 0.4) is 0 Å². The van der Waals surface area contributed by atoms with Crippen molar-refractivity contribution < 1.29 is 18.7 Å². The number of carbonyl (C=O) groups is 1. The molecule has 1 heterocycles. The molecule has 4 nitrogen and oxygen atoms in total. The fraction of sp³-hybridized carbons (Fsp3) is 0.158. The lowest BCUT2D eigenvalue weighted by Crippen LogP contribution is -2.05. The third-order valence-corrected chi connectivity index (χ3v) is 4.21. The first-order valence-electron chi connectivity index (χ1n) is 7.52. The molecule has 0 aliphatic rings. The average molecular weight is 360 g/mol. The zero-order valence-corrected chi connectivity index (χ0v) is 14.4. The van der Waals surface area contributed by atoms with Crippen LogP contribution in [0.5, 0.6) is 5.75 Å². The zero-order chi connectivity index (χ0) is 18.0. The van der Waals surface area contributed by atoms with Crippen LogP contribution in [0.2, 0.25) is 5.15 Å². The number of fused-ring (bicyclic) bond motifs is 1. The Bertz CT molecular complexity index is 942. The van der Waals surface area contributed by atoms with Gasteiger partial charge in [-0.2, -0.15) is 0 Å². The van der Waals surface area contributed by atoms with Crippen molar-refractivity contribution in [1.29, 1.82) is 0 Å². The number of esters is 1. The van der Waals surface area contributed by atoms with Crippen molar-refractivity contribution in [1.82, 2.24) is 4.98 Å². The molecule has 6 heteroatoms. The van der Waals surface area contributed by atoms with Gasteiger partial charge in [-0.05, 0) is 35.4 Å². The van der Waals surface area contributed by atoms with E-state index < -0.39 is 5.97 Å². The second kappa shape index (κ2) is 7.07. The van der Waals surface area contributed by atoms with Crippen molar-refractivity contribution in [3.63, 3.8) is 0 Å². The molecule has 2 aromatic carbocycles. The maximum Gasteiger partial charge on any atom is 0.341 e. The van der Waals surface area contributed by atoms with Gasteiger partial charge in [-0.3, -0.25) is 0 Å². The quantitative estimate of drug-likeness (QED) is 0.511. The van der Waals surface area contributed by atoms with Crippen LogP contribution >= 0.6 is 11.6 Å². The topological polar surface area (TPSA) is 48.4 Å². The molecule has 1 aromatic heterocycles. The Morgan fingerprint density at radius 3 is 2.52 bits per heavy atom. The summed E-state index contributed by atoms with van der Waals surface area (Å²) in [5.41, 5.74) is 2.49. The largest absolute Gasteiger partial charge is 0.494 e. The van der Waals surface area contributed by atoms with Gasteiger partial charge in [-0.15, -0.1) is 0 Å². The van der Waals surface area contributed by atoms with Gasteiger partial charge >= 0.3 is 5.97 Å². The maximum absolute atomic E-state index is 13.0. The van der Waals surface area contributed by atoms with Gasteiger partial charge in [0.1, 0.15) is 22.1 Å². The van der Waals surface area contributed by atoms with Crippen molar-refractivity contribution in [2.75, 3.05) is 14.2 Å². The number of aromatic nitrogens is 1. The molecule has 0 saturated heterocycles. The lowest BCUT2D eigenvalue weighted by molar-refractivity contribution is 0.0597. The standard InChI is InChI=1S/C19H15ClFNO3/c1-24-17-15(19(23)25-2)8-5-12-10-13(18(20)22-16(12)17)9-11-3-6-14(21)7-4-11/h3-8,10H,9H2,1-2H3. The molecule has 0 fully saturated rings. The number of nitrogens with zero attached hydrogens (tertiary/aromatic N) is 1. The van der Waals surface area contributed by atoms with E-state index in [0.29, 0.717) is 22.8 Å². The number of hydrogen-bond donors (Lipinski definition) is 0. The number of hydrogen-bond acceptors (Lipinski definition) is 4. The van der Waals surface area contributed by atoms with Gasteiger partial charge in [0.25, 0.3) is 0 Å². The minimum Gasteiger partial charge on any atom is -0.494 e. The monoisotopic (exact) mass is 359 g/mol. The minimum absolute atomic E-state index is 0.285. The Kier molecular flexibility index (Phi) is 4.86. The summed E-state index contributed by atoms with van der Waals surface area (Å²) in [7, 11) is 2.77. The minimum atomic E-state index is -0.507. The first kappa shape index (κ1) is 17.2. The summed E-state index contributed by atoms with van der Waals surface area (Å²) in [5.74, 6) is -0.474. The fourth-order valence-electron chi connectivity index (χ4n) is 2.66. The first-order chi connectivity index (χ1) is 12.0. The van der Waals surface area contributed by atoms with Crippen molar-refractivity contribution in [3.8, 4) is 5.75 Å². The van der Waals surface area contributed by atoms with Gasteiger partial charge in [0.2, 0.25) is 0 Å². The number of pyridine rings is 1. The van der Waals surface area contributed by atoms with Crippen LogP contribution in [-0.2, 0) is 11.2 Å². The molecule has 0 aliphatic heterocycles. The number of rotatable bonds is 4. The highest BCUT2D eigenvalue weighted by molar-refractivity contribution is 6.30. The lowest BCUT2D eigenvalue weighted by Gasteiger charge is -2.12. The lowest BCUT2D eigenvalue weighted by atomic mass is 10.0. The molecule has 128 valence electrons. The number of ether oxygens (including phenoxy) is 2. The third kappa shape index (κ3) is 3.42. The van der Waals surface area contributed by atoms with Crippen LogP contribution in [0, 0.1) is 5.82 Å². The summed E-state index contributed by atoms with van der Waals surface area (Å²) in [6.45, 7) is 0. The highest BCUT2D eigenvalue weighted by Gasteiger charge is 2.18. The molecule has 0 saturated carbocycles. The molecule has 0 spiro atoms. The molecule has 0 amide bonds. The van der Waals surface area contributed by atoms with Crippen LogP contribution in [0.15, 0.2) is 42.5 Å². The maximum atomic E-state index is 13.0. The summed E-state index contributed by atoms with van der Waals surface area (Å²) in [6, 6.07) is 11.5. The molecule has 0 aliphatic carbocycles. The van der Waals surface area contributed by atoms with Crippen molar-refractivity contribution in [2.24, 2.45) is 0 Å². The summed E-state index contributed by atoms with van der Waals surface area (Å²) < 4.78 is 23.1. The highest BCUT2D eigenvalue weighted by atomic mass is 35.5. The molecule has 3 rings (SSSR count). The first-order valence-corrected chi connectivity index (χ1v) is 7.90. The second-order valence-electron chi connectivity index (χ2n) is 5.45. The molecule has 0 bridgehead atoms. The van der Waals surface area contributed by atoms with Crippen molar-refractivity contribution in [2.45, 2.75) is 6.42 Å². The molecule has 0 atom stereocenters. The Balaban J connectivity index is 2.07. The smallest absolute Gasteiger partial charge is 0.341 e. The molecular weight excluding hydrogens is 345 g/mol. The van der Waals surface area contributed by atoms with Gasteiger partial charge in [0, 0.05) is 11.8 Å². The number of carbonyl (C=O) groups excluding carboxylic acids is 1. The van der Waals surface area contributed by atoms with E-state index in [1.165, 1.54) is 26.4 Å². The molecule has 0 N–H and O–H groups in total. The molecule has 3 aromatic rings. The van der Waals surface area contributed by atoms with E-state index in [1.54, 1.807) is 24.3 Å². The van der Waals surface area contributed by atoms with Crippen molar-refractivity contribution >= 4 is 28.5 Å². The van der Waals surface area contributed by atoms with E-state index in [1.807, 2.05) is 6.07 Å². The molecular formula is C19H15ClFNO3. The Hall–Kier alpha value is -2.66. The SMILES string of the molecule is COC(=O)c1ccc2cc(Cc3ccc(F)cc3)c(Cl)nc2c1OC. The number of methoxy groups -OCH3 is 2. The Morgan fingerprint density at radius 1 is 1.16 bits per heavy atom. The summed E-state index contributed by atoms with van der Waals surface area (Å²) in [6.07, 6.45) is 0.517. The predicted molar refractivity (Wildman–Crippen MR) is 93.9 cm³/mol. The Labute approximate surface area is 149 Å². The van der Waals surface area contributed by atoms with Crippen LogP contribution in [0.1, 0.15) is 21.5 Å². The summed E-state index contributed by atoms with van der Waals surface area (Å²) >= 11 is 6.32. The van der Waals surface area contributed by atoms with E-state index in [4.69, 9.17) is 21.1 Å².